The fourth-order valence-corrected chi connectivity index (χ4v) is 5.30. The average Bonchev–Trinajstić information content (AvgIpc) is 3.47. The molecule has 2 amide bonds. The lowest BCUT2D eigenvalue weighted by atomic mass is 10.0. The number of fused-ring (bicyclic) bond motifs is 3. The highest BCUT2D eigenvalue weighted by atomic mass is 32.2. The van der Waals surface area contributed by atoms with Crippen molar-refractivity contribution in [2.45, 2.75) is 23.9 Å². The Kier molecular flexibility index (Phi) is 5.71. The molecular weight excluding hydrogens is 478 g/mol. The molecule has 3 unspecified atom stereocenters. The molecule has 3 aliphatic rings. The molecule has 180 valence electrons. The first-order chi connectivity index (χ1) is 17.5. The maximum atomic E-state index is 12.3. The molecule has 1 fully saturated rings. The summed E-state index contributed by atoms with van der Waals surface area (Å²) in [5, 5.41) is 3.03. The number of benzene rings is 3. The maximum absolute atomic E-state index is 12.3. The number of imide groups is 1. The fourth-order valence-electron chi connectivity index (χ4n) is 4.50. The number of thioether (sulfide) groups is 1. The predicted molar refractivity (Wildman–Crippen MR) is 134 cm³/mol. The summed E-state index contributed by atoms with van der Waals surface area (Å²) in [6.07, 6.45) is 1.60. The summed E-state index contributed by atoms with van der Waals surface area (Å²) in [5.74, 6) is 0.117. The minimum absolute atomic E-state index is 0.0228. The summed E-state index contributed by atoms with van der Waals surface area (Å²) in [4.78, 5) is 35.3. The molecule has 3 aromatic carbocycles. The van der Waals surface area contributed by atoms with Crippen LogP contribution in [-0.2, 0) is 9.59 Å². The van der Waals surface area contributed by atoms with Crippen LogP contribution in [0.25, 0.3) is 5.70 Å². The molecule has 3 heterocycles. The van der Waals surface area contributed by atoms with Gasteiger partial charge in [-0.15, -0.1) is 0 Å². The van der Waals surface area contributed by atoms with E-state index in [1.807, 2.05) is 48.5 Å². The van der Waals surface area contributed by atoms with Crippen molar-refractivity contribution in [3.63, 3.8) is 0 Å². The molecule has 3 aliphatic heterocycles. The van der Waals surface area contributed by atoms with Crippen molar-refractivity contribution in [3.05, 3.63) is 102 Å². The van der Waals surface area contributed by atoms with Crippen LogP contribution < -0.4 is 20.2 Å². The molecule has 3 atom stereocenters. The number of para-hydroxylation sites is 1. The van der Waals surface area contributed by atoms with Gasteiger partial charge in [-0.05, 0) is 29.8 Å². The van der Waals surface area contributed by atoms with E-state index in [9.17, 15) is 14.4 Å². The molecule has 8 nitrogen and oxygen atoms in total. The number of carbonyl (C=O) groups excluding carboxylic acids is 3. The molecule has 0 radical (unpaired) electrons. The normalized spacial score (nSPS) is 22.6. The summed E-state index contributed by atoms with van der Waals surface area (Å²) in [5.41, 5.74) is 7.55. The van der Waals surface area contributed by atoms with Crippen molar-refractivity contribution in [2.75, 3.05) is 0 Å². The first kappa shape index (κ1) is 22.4. The zero-order valence-corrected chi connectivity index (χ0v) is 19.7. The predicted octanol–water partition coefficient (Wildman–Crippen LogP) is 4.33. The lowest BCUT2D eigenvalue weighted by Gasteiger charge is -2.39. The highest BCUT2D eigenvalue weighted by Gasteiger charge is 2.40. The molecule has 9 heteroatoms. The smallest absolute Gasteiger partial charge is 0.312 e. The van der Waals surface area contributed by atoms with Crippen molar-refractivity contribution >= 4 is 34.6 Å². The number of esters is 1. The van der Waals surface area contributed by atoms with Crippen LogP contribution in [0.15, 0.2) is 84.9 Å². The van der Waals surface area contributed by atoms with Crippen LogP contribution in [0, 0.1) is 0 Å². The van der Waals surface area contributed by atoms with Crippen molar-refractivity contribution in [1.29, 1.82) is 0 Å². The third-order valence-electron chi connectivity index (χ3n) is 6.20. The molecule has 0 spiro atoms. The second-order valence-electron chi connectivity index (χ2n) is 8.55. The van der Waals surface area contributed by atoms with Gasteiger partial charge in [0, 0.05) is 11.1 Å². The highest BCUT2D eigenvalue weighted by molar-refractivity contribution is 8.15. The SMILES string of the molecule is O=C(CC1SC(=O)NC1=O)Oc1ccc(C2Oc3ccccc3C3C=C(c4ccccc4)NN32)cc1. The van der Waals surface area contributed by atoms with E-state index in [1.165, 1.54) is 0 Å². The van der Waals surface area contributed by atoms with Gasteiger partial charge >= 0.3 is 5.97 Å². The number of nitrogens with zero attached hydrogens (tertiary/aromatic N) is 1. The van der Waals surface area contributed by atoms with Gasteiger partial charge in [-0.3, -0.25) is 19.7 Å². The number of amides is 2. The van der Waals surface area contributed by atoms with Gasteiger partial charge in [0.05, 0.1) is 18.2 Å². The summed E-state index contributed by atoms with van der Waals surface area (Å²) in [7, 11) is 0. The van der Waals surface area contributed by atoms with E-state index in [0.29, 0.717) is 5.75 Å². The number of hydrogen-bond donors (Lipinski definition) is 2. The molecule has 3 aromatic rings. The van der Waals surface area contributed by atoms with Gasteiger partial charge in [-0.2, -0.15) is 5.01 Å². The second kappa shape index (κ2) is 9.18. The molecule has 1 saturated heterocycles. The van der Waals surface area contributed by atoms with E-state index in [4.69, 9.17) is 9.47 Å². The van der Waals surface area contributed by atoms with E-state index in [0.717, 1.165) is 39.9 Å². The zero-order valence-electron chi connectivity index (χ0n) is 18.9. The standard InChI is InChI=1S/C27H21N3O5S/c31-24(15-23-25(32)28-27(33)36-23)34-18-12-10-17(11-13-18)26-30-21(19-8-4-5-9-22(19)35-26)14-20(29-30)16-6-2-1-3-7-16/h1-14,21,23,26,29H,15H2,(H,28,32,33). The Morgan fingerprint density at radius 1 is 0.972 bits per heavy atom. The van der Waals surface area contributed by atoms with E-state index in [1.54, 1.807) is 12.1 Å². The Labute approximate surface area is 211 Å². The molecule has 0 aromatic heterocycles. The van der Waals surface area contributed by atoms with Crippen molar-refractivity contribution in [2.24, 2.45) is 0 Å². The van der Waals surface area contributed by atoms with E-state index < -0.39 is 28.6 Å². The molecule has 2 N–H and O–H groups in total. The van der Waals surface area contributed by atoms with Gasteiger partial charge in [0.2, 0.25) is 5.91 Å². The highest BCUT2D eigenvalue weighted by Crippen LogP contribution is 2.45. The molecule has 0 saturated carbocycles. The van der Waals surface area contributed by atoms with Crippen molar-refractivity contribution in [3.8, 4) is 11.5 Å². The number of nitrogens with one attached hydrogen (secondary N) is 2. The molecule has 36 heavy (non-hydrogen) atoms. The van der Waals surface area contributed by atoms with Gasteiger partial charge in [0.25, 0.3) is 5.24 Å². The number of carbonyl (C=O) groups is 3. The average molecular weight is 500 g/mol. The Hall–Kier alpha value is -4.08. The van der Waals surface area contributed by atoms with Crippen LogP contribution in [0.5, 0.6) is 11.5 Å². The van der Waals surface area contributed by atoms with Crippen LogP contribution in [0.3, 0.4) is 0 Å². The molecule has 0 bridgehead atoms. The zero-order chi connectivity index (χ0) is 24.6. The Morgan fingerprint density at radius 2 is 1.72 bits per heavy atom. The topological polar surface area (TPSA) is 97.0 Å². The monoisotopic (exact) mass is 499 g/mol. The van der Waals surface area contributed by atoms with Crippen molar-refractivity contribution < 1.29 is 23.9 Å². The maximum Gasteiger partial charge on any atom is 0.312 e. The van der Waals surface area contributed by atoms with Crippen LogP contribution in [-0.4, -0.2) is 27.4 Å². The van der Waals surface area contributed by atoms with E-state index >= 15 is 0 Å². The van der Waals surface area contributed by atoms with Crippen LogP contribution in [0.1, 0.15) is 35.4 Å². The van der Waals surface area contributed by atoms with Crippen molar-refractivity contribution in [1.82, 2.24) is 15.8 Å². The third-order valence-corrected chi connectivity index (χ3v) is 7.18. The third kappa shape index (κ3) is 4.23. The number of rotatable bonds is 5. The lowest BCUT2D eigenvalue weighted by molar-refractivity contribution is -0.135. The number of hydrazine groups is 1. The quantitative estimate of drug-likeness (QED) is 0.396. The molecule has 6 rings (SSSR count). The van der Waals surface area contributed by atoms with Gasteiger partial charge < -0.3 is 14.9 Å². The largest absolute Gasteiger partial charge is 0.469 e. The minimum atomic E-state index is -0.760. The van der Waals surface area contributed by atoms with Gasteiger partial charge in [0.1, 0.15) is 16.7 Å². The fraction of sp³-hybridized carbons (Fsp3) is 0.148. The van der Waals surface area contributed by atoms with E-state index in [2.05, 4.69) is 40.0 Å². The van der Waals surface area contributed by atoms with Gasteiger partial charge in [0.15, 0.2) is 6.23 Å². The van der Waals surface area contributed by atoms with Crippen LogP contribution in [0.2, 0.25) is 0 Å². The first-order valence-electron chi connectivity index (χ1n) is 11.4. The first-order valence-corrected chi connectivity index (χ1v) is 12.3. The minimum Gasteiger partial charge on any atom is -0.469 e. The van der Waals surface area contributed by atoms with Crippen LogP contribution in [0.4, 0.5) is 4.79 Å². The van der Waals surface area contributed by atoms with Crippen LogP contribution >= 0.6 is 11.8 Å². The second-order valence-corrected chi connectivity index (χ2v) is 9.72. The summed E-state index contributed by atoms with van der Waals surface area (Å²) >= 11 is 0.801. The summed E-state index contributed by atoms with van der Waals surface area (Å²) < 4.78 is 11.8. The van der Waals surface area contributed by atoms with Gasteiger partial charge in [-0.1, -0.05) is 72.4 Å². The summed E-state index contributed by atoms with van der Waals surface area (Å²) in [6.45, 7) is 0. The molecule has 0 aliphatic carbocycles. The summed E-state index contributed by atoms with van der Waals surface area (Å²) in [6, 6.07) is 25.2. The molecular formula is C27H21N3O5S. The Bertz CT molecular complexity index is 1380. The lowest BCUT2D eigenvalue weighted by Crippen LogP contribution is -2.43. The Morgan fingerprint density at radius 3 is 2.47 bits per heavy atom. The van der Waals surface area contributed by atoms with Gasteiger partial charge in [-0.25, -0.2) is 0 Å². The Balaban J connectivity index is 1.21. The van der Waals surface area contributed by atoms with E-state index in [-0.39, 0.29) is 12.5 Å². The number of ether oxygens (including phenoxy) is 2. The number of hydrogen-bond acceptors (Lipinski definition) is 8.